The molecule has 1 saturated heterocycles. The van der Waals surface area contributed by atoms with Crippen LogP contribution in [0.15, 0.2) is 30.3 Å². The summed E-state index contributed by atoms with van der Waals surface area (Å²) in [6, 6.07) is 7.82. The molecule has 5 heteroatoms. The Morgan fingerprint density at radius 2 is 2.14 bits per heavy atom. The summed E-state index contributed by atoms with van der Waals surface area (Å²) in [5.74, 6) is 0.813. The standard InChI is InChI=1S/C16H22N2O2.ClH/c1-12(14-7-3-4-8-15(14)20-2)10-16(19)18-9-5-6-13(17)11-18;/h3-4,7-8,10,13H,5-6,9,11,17H2,1-2H3;1H/b12-10+;. The van der Waals surface area contributed by atoms with Crippen molar-refractivity contribution in [2.75, 3.05) is 20.2 Å². The third kappa shape index (κ3) is 4.48. The molecule has 0 spiro atoms. The first kappa shape index (κ1) is 17.5. The summed E-state index contributed by atoms with van der Waals surface area (Å²) >= 11 is 0. The van der Waals surface area contributed by atoms with Crippen molar-refractivity contribution in [3.8, 4) is 5.75 Å². The van der Waals surface area contributed by atoms with Crippen LogP contribution in [0.3, 0.4) is 0 Å². The minimum absolute atomic E-state index is 0. The first-order chi connectivity index (χ1) is 9.61. The van der Waals surface area contributed by atoms with E-state index in [1.165, 1.54) is 0 Å². The lowest BCUT2D eigenvalue weighted by Gasteiger charge is -2.30. The average Bonchev–Trinajstić information content (AvgIpc) is 2.47. The molecule has 1 heterocycles. The highest BCUT2D eigenvalue weighted by Gasteiger charge is 2.20. The number of carbonyl (C=O) groups excluding carboxylic acids is 1. The lowest BCUT2D eigenvalue weighted by Crippen LogP contribution is -2.45. The van der Waals surface area contributed by atoms with Crippen molar-refractivity contribution in [1.29, 1.82) is 0 Å². The number of benzene rings is 1. The zero-order valence-electron chi connectivity index (χ0n) is 12.5. The molecule has 0 bridgehead atoms. The van der Waals surface area contributed by atoms with Crippen molar-refractivity contribution in [3.05, 3.63) is 35.9 Å². The van der Waals surface area contributed by atoms with E-state index in [2.05, 4.69) is 0 Å². The lowest BCUT2D eigenvalue weighted by atomic mass is 10.0. The number of nitrogens with two attached hydrogens (primary N) is 1. The van der Waals surface area contributed by atoms with E-state index in [0.717, 1.165) is 36.3 Å². The molecule has 2 rings (SSSR count). The summed E-state index contributed by atoms with van der Waals surface area (Å²) in [6.45, 7) is 3.37. The summed E-state index contributed by atoms with van der Waals surface area (Å²) in [5, 5.41) is 0. The normalized spacial score (nSPS) is 18.9. The fraction of sp³-hybridized carbons (Fsp3) is 0.438. The van der Waals surface area contributed by atoms with E-state index in [-0.39, 0.29) is 24.4 Å². The summed E-state index contributed by atoms with van der Waals surface area (Å²) in [6.07, 6.45) is 3.66. The second-order valence-electron chi connectivity index (χ2n) is 5.21. The van der Waals surface area contributed by atoms with Gasteiger partial charge in [-0.1, -0.05) is 18.2 Å². The van der Waals surface area contributed by atoms with E-state index in [4.69, 9.17) is 10.5 Å². The quantitative estimate of drug-likeness (QED) is 0.873. The van der Waals surface area contributed by atoms with Gasteiger partial charge in [-0.15, -0.1) is 12.4 Å². The van der Waals surface area contributed by atoms with Gasteiger partial charge in [0.05, 0.1) is 7.11 Å². The molecular formula is C16H23ClN2O2. The van der Waals surface area contributed by atoms with Gasteiger partial charge in [-0.3, -0.25) is 4.79 Å². The van der Waals surface area contributed by atoms with Crippen molar-refractivity contribution in [1.82, 2.24) is 4.90 Å². The maximum atomic E-state index is 12.3. The predicted molar refractivity (Wildman–Crippen MR) is 87.7 cm³/mol. The largest absolute Gasteiger partial charge is 0.496 e. The third-order valence-electron chi connectivity index (χ3n) is 3.64. The molecule has 21 heavy (non-hydrogen) atoms. The van der Waals surface area contributed by atoms with Gasteiger partial charge in [-0.25, -0.2) is 0 Å². The first-order valence-corrected chi connectivity index (χ1v) is 6.98. The number of nitrogens with zero attached hydrogens (tertiary/aromatic N) is 1. The van der Waals surface area contributed by atoms with Gasteiger partial charge < -0.3 is 15.4 Å². The van der Waals surface area contributed by atoms with Crippen molar-refractivity contribution in [2.24, 2.45) is 5.73 Å². The fourth-order valence-corrected chi connectivity index (χ4v) is 2.53. The number of rotatable bonds is 3. The summed E-state index contributed by atoms with van der Waals surface area (Å²) in [7, 11) is 1.64. The molecule has 1 aliphatic rings. The Hall–Kier alpha value is -1.52. The van der Waals surface area contributed by atoms with Crippen LogP contribution in [-0.4, -0.2) is 37.0 Å². The van der Waals surface area contributed by atoms with Crippen molar-refractivity contribution >= 4 is 23.9 Å². The van der Waals surface area contributed by atoms with E-state index in [1.54, 1.807) is 13.2 Å². The Bertz CT molecular complexity index is 517. The lowest BCUT2D eigenvalue weighted by molar-refractivity contribution is -0.127. The van der Waals surface area contributed by atoms with Gasteiger partial charge in [0, 0.05) is 30.8 Å². The highest BCUT2D eigenvalue weighted by molar-refractivity contribution is 5.95. The van der Waals surface area contributed by atoms with E-state index in [1.807, 2.05) is 36.1 Å². The number of likely N-dealkylation sites (tertiary alicyclic amines) is 1. The number of piperidine rings is 1. The second kappa shape index (κ2) is 8.05. The fourth-order valence-electron chi connectivity index (χ4n) is 2.53. The van der Waals surface area contributed by atoms with Gasteiger partial charge in [-0.2, -0.15) is 0 Å². The number of para-hydroxylation sites is 1. The molecule has 0 saturated carbocycles. The number of halogens is 1. The van der Waals surface area contributed by atoms with Crippen LogP contribution in [0.1, 0.15) is 25.3 Å². The number of hydrogen-bond donors (Lipinski definition) is 1. The Balaban J connectivity index is 0.00000220. The number of amides is 1. The Morgan fingerprint density at radius 1 is 1.43 bits per heavy atom. The molecular weight excluding hydrogens is 288 g/mol. The zero-order chi connectivity index (χ0) is 14.5. The molecule has 1 fully saturated rings. The Kier molecular flexibility index (Phi) is 6.72. The smallest absolute Gasteiger partial charge is 0.246 e. The molecule has 4 nitrogen and oxygen atoms in total. The maximum absolute atomic E-state index is 12.3. The molecule has 1 aromatic rings. The number of carbonyl (C=O) groups is 1. The van der Waals surface area contributed by atoms with Crippen LogP contribution in [0.5, 0.6) is 5.75 Å². The minimum Gasteiger partial charge on any atom is -0.496 e. The number of ether oxygens (including phenoxy) is 1. The van der Waals surface area contributed by atoms with Crippen LogP contribution < -0.4 is 10.5 Å². The summed E-state index contributed by atoms with van der Waals surface area (Å²) in [4.78, 5) is 14.1. The zero-order valence-corrected chi connectivity index (χ0v) is 13.4. The molecule has 116 valence electrons. The number of hydrogen-bond acceptors (Lipinski definition) is 3. The number of allylic oxidation sites excluding steroid dienone is 1. The minimum atomic E-state index is 0. The van der Waals surface area contributed by atoms with E-state index >= 15 is 0 Å². The van der Waals surface area contributed by atoms with E-state index < -0.39 is 0 Å². The molecule has 1 aromatic carbocycles. The summed E-state index contributed by atoms with van der Waals surface area (Å²) in [5.41, 5.74) is 7.77. The molecule has 1 atom stereocenters. The molecule has 2 N–H and O–H groups in total. The molecule has 1 aliphatic heterocycles. The van der Waals surface area contributed by atoms with Crippen LogP contribution in [-0.2, 0) is 4.79 Å². The van der Waals surface area contributed by atoms with Crippen molar-refractivity contribution < 1.29 is 9.53 Å². The molecule has 0 aliphatic carbocycles. The van der Waals surface area contributed by atoms with E-state index in [9.17, 15) is 4.79 Å². The Morgan fingerprint density at radius 3 is 2.81 bits per heavy atom. The highest BCUT2D eigenvalue weighted by Crippen LogP contribution is 2.25. The molecule has 1 amide bonds. The van der Waals surface area contributed by atoms with Crippen LogP contribution in [0.25, 0.3) is 5.57 Å². The van der Waals surface area contributed by atoms with E-state index in [0.29, 0.717) is 6.54 Å². The second-order valence-corrected chi connectivity index (χ2v) is 5.21. The van der Waals surface area contributed by atoms with Crippen molar-refractivity contribution in [2.45, 2.75) is 25.8 Å². The van der Waals surface area contributed by atoms with Gasteiger partial charge >= 0.3 is 0 Å². The first-order valence-electron chi connectivity index (χ1n) is 6.98. The monoisotopic (exact) mass is 310 g/mol. The van der Waals surface area contributed by atoms with Crippen molar-refractivity contribution in [3.63, 3.8) is 0 Å². The molecule has 0 radical (unpaired) electrons. The molecule has 0 aromatic heterocycles. The predicted octanol–water partition coefficient (Wildman–Crippen LogP) is 2.47. The van der Waals surface area contributed by atoms with Gasteiger partial charge in [0.2, 0.25) is 5.91 Å². The number of methoxy groups -OCH3 is 1. The van der Waals surface area contributed by atoms with Crippen LogP contribution >= 0.6 is 12.4 Å². The van der Waals surface area contributed by atoms with Crippen LogP contribution in [0.4, 0.5) is 0 Å². The van der Waals surface area contributed by atoms with Crippen LogP contribution in [0.2, 0.25) is 0 Å². The highest BCUT2D eigenvalue weighted by atomic mass is 35.5. The SMILES string of the molecule is COc1ccccc1/C(C)=C/C(=O)N1CCCC(N)C1.Cl. The van der Waals surface area contributed by atoms with Gasteiger partial charge in [0.15, 0.2) is 0 Å². The van der Waals surface area contributed by atoms with Crippen LogP contribution in [0, 0.1) is 0 Å². The molecule has 1 unspecified atom stereocenters. The topological polar surface area (TPSA) is 55.6 Å². The average molecular weight is 311 g/mol. The van der Waals surface area contributed by atoms with Gasteiger partial charge in [0.25, 0.3) is 0 Å². The maximum Gasteiger partial charge on any atom is 0.246 e. The summed E-state index contributed by atoms with van der Waals surface area (Å²) < 4.78 is 5.32. The third-order valence-corrected chi connectivity index (χ3v) is 3.64. The Labute approximate surface area is 132 Å². The van der Waals surface area contributed by atoms with Gasteiger partial charge in [0.1, 0.15) is 5.75 Å². The van der Waals surface area contributed by atoms with Gasteiger partial charge in [-0.05, 0) is 31.4 Å².